The van der Waals surface area contributed by atoms with Gasteiger partial charge in [0.2, 0.25) is 0 Å². The highest BCUT2D eigenvalue weighted by Crippen LogP contribution is 2.12. The second kappa shape index (κ2) is 7.25. The Morgan fingerprint density at radius 2 is 2.10 bits per heavy atom. The maximum absolute atomic E-state index is 6.27. The third kappa shape index (κ3) is 3.94. The molecule has 0 saturated heterocycles. The van der Waals surface area contributed by atoms with Crippen LogP contribution < -0.4 is 5.73 Å². The molecule has 0 radical (unpaired) electrons. The number of aryl methyl sites for hydroxylation is 3. The topological polar surface area (TPSA) is 43.8 Å². The highest BCUT2D eigenvalue weighted by molar-refractivity contribution is 5.25. The molecule has 0 saturated carbocycles. The molecule has 1 unspecified atom stereocenters. The first-order chi connectivity index (χ1) is 9.70. The van der Waals surface area contributed by atoms with Gasteiger partial charge in [-0.3, -0.25) is 0 Å². The Balaban J connectivity index is 1.88. The van der Waals surface area contributed by atoms with Crippen LogP contribution in [0.4, 0.5) is 0 Å². The monoisotopic (exact) mass is 271 g/mol. The summed E-state index contributed by atoms with van der Waals surface area (Å²) in [5.74, 6) is 1.11. The molecule has 0 amide bonds. The Kier molecular flexibility index (Phi) is 5.36. The second-order valence-corrected chi connectivity index (χ2v) is 5.47. The Hall–Kier alpha value is -1.61. The van der Waals surface area contributed by atoms with Crippen molar-refractivity contribution in [2.24, 2.45) is 5.73 Å². The Labute approximate surface area is 121 Å². The number of hydrogen-bond donors (Lipinski definition) is 1. The average molecular weight is 271 g/mol. The van der Waals surface area contributed by atoms with Crippen molar-refractivity contribution in [1.29, 1.82) is 0 Å². The van der Waals surface area contributed by atoms with Crippen LogP contribution in [0.25, 0.3) is 0 Å². The van der Waals surface area contributed by atoms with Crippen molar-refractivity contribution in [1.82, 2.24) is 9.55 Å². The van der Waals surface area contributed by atoms with E-state index in [1.165, 1.54) is 11.1 Å². The summed E-state index contributed by atoms with van der Waals surface area (Å²) in [6.45, 7) is 5.37. The van der Waals surface area contributed by atoms with Gasteiger partial charge in [0, 0.05) is 31.4 Å². The molecule has 1 aromatic heterocycles. The van der Waals surface area contributed by atoms with Crippen molar-refractivity contribution in [3.63, 3.8) is 0 Å². The van der Waals surface area contributed by atoms with E-state index in [1.54, 1.807) is 0 Å². The summed E-state index contributed by atoms with van der Waals surface area (Å²) in [6, 6.07) is 8.71. The molecule has 2 rings (SSSR count). The lowest BCUT2D eigenvalue weighted by Crippen LogP contribution is -2.25. The molecule has 3 nitrogen and oxygen atoms in total. The van der Waals surface area contributed by atoms with E-state index >= 15 is 0 Å². The second-order valence-electron chi connectivity index (χ2n) is 5.47. The number of nitrogens with zero attached hydrogens (tertiary/aromatic N) is 2. The fraction of sp³-hybridized carbons (Fsp3) is 0.471. The van der Waals surface area contributed by atoms with Gasteiger partial charge in [0.25, 0.3) is 0 Å². The molecule has 0 aliphatic heterocycles. The lowest BCUT2D eigenvalue weighted by atomic mass is 10.00. The SMILES string of the molecule is CCCn1ccnc1CC(N)CCc1ccccc1C. The van der Waals surface area contributed by atoms with Gasteiger partial charge in [0.1, 0.15) is 5.82 Å². The van der Waals surface area contributed by atoms with E-state index in [0.717, 1.165) is 38.1 Å². The predicted molar refractivity (Wildman–Crippen MR) is 83.7 cm³/mol. The lowest BCUT2D eigenvalue weighted by molar-refractivity contribution is 0.557. The van der Waals surface area contributed by atoms with Gasteiger partial charge in [-0.15, -0.1) is 0 Å². The van der Waals surface area contributed by atoms with Gasteiger partial charge in [-0.25, -0.2) is 4.98 Å². The van der Waals surface area contributed by atoms with Gasteiger partial charge < -0.3 is 10.3 Å². The highest BCUT2D eigenvalue weighted by Gasteiger charge is 2.09. The summed E-state index contributed by atoms with van der Waals surface area (Å²) in [7, 11) is 0. The van der Waals surface area contributed by atoms with Crippen LogP contribution in [-0.2, 0) is 19.4 Å². The minimum Gasteiger partial charge on any atom is -0.335 e. The molecule has 3 heteroatoms. The van der Waals surface area contributed by atoms with E-state index in [-0.39, 0.29) is 6.04 Å². The van der Waals surface area contributed by atoms with E-state index in [9.17, 15) is 0 Å². The molecule has 108 valence electrons. The van der Waals surface area contributed by atoms with Crippen molar-refractivity contribution in [3.05, 3.63) is 53.6 Å². The molecule has 1 aromatic carbocycles. The number of rotatable bonds is 7. The number of imidazole rings is 1. The zero-order chi connectivity index (χ0) is 14.4. The molecule has 1 atom stereocenters. The summed E-state index contributed by atoms with van der Waals surface area (Å²) in [5, 5.41) is 0. The molecule has 2 N–H and O–H groups in total. The Bertz CT molecular complexity index is 531. The lowest BCUT2D eigenvalue weighted by Gasteiger charge is -2.13. The Morgan fingerprint density at radius 3 is 2.85 bits per heavy atom. The number of nitrogens with two attached hydrogens (primary N) is 1. The minimum atomic E-state index is 0.174. The molecule has 2 aromatic rings. The number of aromatic nitrogens is 2. The molecule has 0 aliphatic rings. The van der Waals surface area contributed by atoms with Crippen molar-refractivity contribution in [3.8, 4) is 0 Å². The van der Waals surface area contributed by atoms with E-state index in [2.05, 4.69) is 47.7 Å². The van der Waals surface area contributed by atoms with Gasteiger partial charge in [-0.05, 0) is 37.3 Å². The van der Waals surface area contributed by atoms with Crippen LogP contribution in [0.1, 0.15) is 36.7 Å². The summed E-state index contributed by atoms with van der Waals surface area (Å²) in [5.41, 5.74) is 9.03. The number of hydrogen-bond acceptors (Lipinski definition) is 2. The first-order valence-corrected chi connectivity index (χ1v) is 7.50. The molecule has 20 heavy (non-hydrogen) atoms. The van der Waals surface area contributed by atoms with Gasteiger partial charge in [-0.1, -0.05) is 31.2 Å². The van der Waals surface area contributed by atoms with Crippen molar-refractivity contribution >= 4 is 0 Å². The smallest absolute Gasteiger partial charge is 0.110 e. The standard InChI is InChI=1S/C17H25N3/c1-3-11-20-12-10-19-17(20)13-16(18)9-8-15-7-5-4-6-14(15)2/h4-7,10,12,16H,3,8-9,11,13,18H2,1-2H3. The van der Waals surface area contributed by atoms with Crippen LogP contribution in [0, 0.1) is 6.92 Å². The molecule has 0 spiro atoms. The van der Waals surface area contributed by atoms with Crippen LogP contribution in [0.3, 0.4) is 0 Å². The molecule has 0 fully saturated rings. The zero-order valence-corrected chi connectivity index (χ0v) is 12.5. The summed E-state index contributed by atoms with van der Waals surface area (Å²) >= 11 is 0. The third-order valence-electron chi connectivity index (χ3n) is 3.76. The number of benzene rings is 1. The first-order valence-electron chi connectivity index (χ1n) is 7.50. The predicted octanol–water partition coefficient (Wildman–Crippen LogP) is 3.10. The molecular formula is C17H25N3. The van der Waals surface area contributed by atoms with Gasteiger partial charge in [0.15, 0.2) is 0 Å². The highest BCUT2D eigenvalue weighted by atomic mass is 15.1. The van der Waals surface area contributed by atoms with Crippen molar-refractivity contribution in [2.45, 2.75) is 52.1 Å². The largest absolute Gasteiger partial charge is 0.335 e. The van der Waals surface area contributed by atoms with Crippen LogP contribution in [0.15, 0.2) is 36.7 Å². The molecule has 0 aliphatic carbocycles. The van der Waals surface area contributed by atoms with E-state index in [4.69, 9.17) is 5.73 Å². The summed E-state index contributed by atoms with van der Waals surface area (Å²) in [4.78, 5) is 4.43. The normalized spacial score (nSPS) is 12.6. The fourth-order valence-electron chi connectivity index (χ4n) is 2.54. The summed E-state index contributed by atoms with van der Waals surface area (Å²) < 4.78 is 2.22. The Morgan fingerprint density at radius 1 is 1.30 bits per heavy atom. The molecular weight excluding hydrogens is 246 g/mol. The van der Waals surface area contributed by atoms with E-state index in [1.807, 2.05) is 12.4 Å². The quantitative estimate of drug-likeness (QED) is 0.841. The van der Waals surface area contributed by atoms with Gasteiger partial charge in [0.05, 0.1) is 0 Å². The van der Waals surface area contributed by atoms with E-state index < -0.39 is 0 Å². The first kappa shape index (κ1) is 14.8. The fourth-order valence-corrected chi connectivity index (χ4v) is 2.54. The van der Waals surface area contributed by atoms with Gasteiger partial charge >= 0.3 is 0 Å². The van der Waals surface area contributed by atoms with Crippen LogP contribution in [0.5, 0.6) is 0 Å². The summed E-state index contributed by atoms with van der Waals surface area (Å²) in [6.07, 6.45) is 7.96. The maximum Gasteiger partial charge on any atom is 0.110 e. The van der Waals surface area contributed by atoms with Crippen molar-refractivity contribution in [2.75, 3.05) is 0 Å². The van der Waals surface area contributed by atoms with Gasteiger partial charge in [-0.2, -0.15) is 0 Å². The van der Waals surface area contributed by atoms with Crippen molar-refractivity contribution < 1.29 is 0 Å². The third-order valence-corrected chi connectivity index (χ3v) is 3.76. The zero-order valence-electron chi connectivity index (χ0n) is 12.5. The van der Waals surface area contributed by atoms with Crippen LogP contribution in [-0.4, -0.2) is 15.6 Å². The minimum absolute atomic E-state index is 0.174. The van der Waals surface area contributed by atoms with Crippen LogP contribution in [0.2, 0.25) is 0 Å². The average Bonchev–Trinajstić information content (AvgIpc) is 2.86. The molecule has 0 bridgehead atoms. The van der Waals surface area contributed by atoms with E-state index in [0.29, 0.717) is 0 Å². The maximum atomic E-state index is 6.27. The van der Waals surface area contributed by atoms with Crippen LogP contribution >= 0.6 is 0 Å². The molecule has 1 heterocycles.